The third-order valence-electron chi connectivity index (χ3n) is 4.74. The number of anilines is 1. The molecule has 0 heterocycles. The standard InChI is InChI=1S/C26H17Br2NO7S/c27-18-11-16-23(28)24(17-18)37(32,33)29(25(30)34-20-7-3-1-4-8-20)19-12-14-22(15-13-19)36-26(31)35-21-9-5-2-6-10-21/h1-17H. The number of hydrogen-bond donors (Lipinski definition) is 0. The molecule has 8 nitrogen and oxygen atoms in total. The third kappa shape index (κ3) is 6.56. The van der Waals surface area contributed by atoms with Gasteiger partial charge in [0.15, 0.2) is 0 Å². The molecule has 0 aliphatic rings. The third-order valence-corrected chi connectivity index (χ3v) is 7.92. The smallest absolute Gasteiger partial charge is 0.409 e. The summed E-state index contributed by atoms with van der Waals surface area (Å²) < 4.78 is 44.2. The van der Waals surface area contributed by atoms with Crippen LogP contribution in [-0.2, 0) is 10.0 Å². The Bertz CT molecular complexity index is 1510. The molecule has 1 amide bonds. The maximum atomic E-state index is 13.7. The summed E-state index contributed by atoms with van der Waals surface area (Å²) in [6.45, 7) is 0. The first-order chi connectivity index (χ1) is 17.7. The molecule has 4 aromatic carbocycles. The van der Waals surface area contributed by atoms with Crippen LogP contribution < -0.4 is 18.5 Å². The highest BCUT2D eigenvalue weighted by Crippen LogP contribution is 2.32. The van der Waals surface area contributed by atoms with E-state index in [1.165, 1.54) is 48.5 Å². The number of sulfonamides is 1. The summed E-state index contributed by atoms with van der Waals surface area (Å²) in [6, 6.07) is 26.2. The maximum absolute atomic E-state index is 13.7. The monoisotopic (exact) mass is 645 g/mol. The van der Waals surface area contributed by atoms with Crippen molar-refractivity contribution in [3.05, 3.63) is 112 Å². The van der Waals surface area contributed by atoms with E-state index in [-0.39, 0.29) is 26.6 Å². The van der Waals surface area contributed by atoms with Crippen molar-refractivity contribution in [3.63, 3.8) is 0 Å². The first kappa shape index (κ1) is 26.4. The molecule has 0 N–H and O–H groups in total. The number of carbonyl (C=O) groups excluding carboxylic acids is 2. The molecule has 37 heavy (non-hydrogen) atoms. The zero-order valence-electron chi connectivity index (χ0n) is 18.8. The summed E-state index contributed by atoms with van der Waals surface area (Å²) in [7, 11) is -4.45. The van der Waals surface area contributed by atoms with E-state index in [0.717, 1.165) is 0 Å². The molecule has 0 aliphatic carbocycles. The number of amides is 1. The average molecular weight is 647 g/mol. The van der Waals surface area contributed by atoms with E-state index in [4.69, 9.17) is 14.2 Å². The number of para-hydroxylation sites is 2. The van der Waals surface area contributed by atoms with Gasteiger partial charge in [-0.1, -0.05) is 52.3 Å². The Labute approximate surface area is 229 Å². The van der Waals surface area contributed by atoms with E-state index in [1.807, 2.05) is 0 Å². The molecule has 0 saturated carbocycles. The Balaban J connectivity index is 1.64. The highest BCUT2D eigenvalue weighted by molar-refractivity contribution is 9.11. The van der Waals surface area contributed by atoms with Gasteiger partial charge in [0.1, 0.15) is 22.1 Å². The first-order valence-electron chi connectivity index (χ1n) is 10.6. The van der Waals surface area contributed by atoms with E-state index in [0.29, 0.717) is 14.5 Å². The van der Waals surface area contributed by atoms with Crippen molar-refractivity contribution in [3.8, 4) is 17.2 Å². The lowest BCUT2D eigenvalue weighted by Crippen LogP contribution is -2.39. The quantitative estimate of drug-likeness (QED) is 0.162. The second-order valence-corrected chi connectivity index (χ2v) is 10.8. The van der Waals surface area contributed by atoms with Crippen LogP contribution in [0.15, 0.2) is 117 Å². The SMILES string of the molecule is O=C(Oc1ccccc1)Oc1ccc(N(C(=O)Oc2ccccc2)S(=O)(=O)c2cc(Br)ccc2Br)cc1. The van der Waals surface area contributed by atoms with Gasteiger partial charge < -0.3 is 14.2 Å². The van der Waals surface area contributed by atoms with Gasteiger partial charge in [-0.25, -0.2) is 18.0 Å². The molecular weight excluding hydrogens is 630 g/mol. The summed E-state index contributed by atoms with van der Waals surface area (Å²) >= 11 is 6.50. The fourth-order valence-electron chi connectivity index (χ4n) is 3.10. The van der Waals surface area contributed by atoms with Crippen molar-refractivity contribution in [2.45, 2.75) is 4.90 Å². The molecule has 4 rings (SSSR count). The van der Waals surface area contributed by atoms with Gasteiger partial charge in [-0.05, 0) is 82.7 Å². The molecule has 0 saturated heterocycles. The Kier molecular flexibility index (Phi) is 8.27. The average Bonchev–Trinajstić information content (AvgIpc) is 2.87. The summed E-state index contributed by atoms with van der Waals surface area (Å²) in [5, 5.41) is 0. The largest absolute Gasteiger partial charge is 0.519 e. The molecule has 0 bridgehead atoms. The molecule has 0 aliphatic heterocycles. The molecule has 4 aromatic rings. The number of hydrogen-bond acceptors (Lipinski definition) is 7. The number of benzene rings is 4. The summed E-state index contributed by atoms with van der Waals surface area (Å²) in [5.41, 5.74) is -0.0448. The minimum absolute atomic E-state index is 0.0448. The molecule has 0 spiro atoms. The first-order valence-corrected chi connectivity index (χ1v) is 13.6. The van der Waals surface area contributed by atoms with Crippen molar-refractivity contribution in [1.82, 2.24) is 0 Å². The van der Waals surface area contributed by atoms with Gasteiger partial charge in [-0.15, -0.1) is 0 Å². The predicted molar refractivity (Wildman–Crippen MR) is 144 cm³/mol. The van der Waals surface area contributed by atoms with Crippen LogP contribution in [0.3, 0.4) is 0 Å². The molecule has 0 unspecified atom stereocenters. The Hall–Kier alpha value is -3.67. The van der Waals surface area contributed by atoms with Crippen molar-refractivity contribution in [2.24, 2.45) is 0 Å². The number of carbonyl (C=O) groups is 2. The minimum Gasteiger partial charge on any atom is -0.409 e. The van der Waals surface area contributed by atoms with Gasteiger partial charge in [-0.2, -0.15) is 4.31 Å². The maximum Gasteiger partial charge on any atom is 0.519 e. The zero-order chi connectivity index (χ0) is 26.4. The highest BCUT2D eigenvalue weighted by Gasteiger charge is 2.34. The van der Waals surface area contributed by atoms with Crippen LogP contribution in [0, 0.1) is 0 Å². The van der Waals surface area contributed by atoms with Gasteiger partial charge in [0.05, 0.1) is 5.69 Å². The van der Waals surface area contributed by atoms with Crippen molar-refractivity contribution < 1.29 is 32.2 Å². The Morgan fingerprint density at radius 2 is 1.16 bits per heavy atom. The van der Waals surface area contributed by atoms with E-state index in [1.54, 1.807) is 54.6 Å². The van der Waals surface area contributed by atoms with Crippen LogP contribution in [0.4, 0.5) is 15.3 Å². The lowest BCUT2D eigenvalue weighted by Gasteiger charge is -2.23. The van der Waals surface area contributed by atoms with Crippen LogP contribution >= 0.6 is 31.9 Å². The van der Waals surface area contributed by atoms with Gasteiger partial charge in [0.25, 0.3) is 10.0 Å². The summed E-state index contributed by atoms with van der Waals surface area (Å²) in [4.78, 5) is 25.1. The van der Waals surface area contributed by atoms with E-state index < -0.39 is 22.3 Å². The molecule has 0 aromatic heterocycles. The molecule has 0 radical (unpaired) electrons. The molecule has 0 atom stereocenters. The van der Waals surface area contributed by atoms with Crippen LogP contribution in [0.2, 0.25) is 0 Å². The van der Waals surface area contributed by atoms with Gasteiger partial charge in [-0.3, -0.25) is 0 Å². The Morgan fingerprint density at radius 3 is 1.73 bits per heavy atom. The van der Waals surface area contributed by atoms with Gasteiger partial charge in [0.2, 0.25) is 0 Å². The molecule has 11 heteroatoms. The second-order valence-electron chi connectivity index (χ2n) is 7.29. The van der Waals surface area contributed by atoms with E-state index in [2.05, 4.69) is 31.9 Å². The molecule has 188 valence electrons. The van der Waals surface area contributed by atoms with Crippen LogP contribution in [0.1, 0.15) is 0 Å². The van der Waals surface area contributed by atoms with Gasteiger partial charge >= 0.3 is 12.2 Å². The molecular formula is C26H17Br2NO7S. The fraction of sp³-hybridized carbons (Fsp3) is 0. The molecule has 0 fully saturated rings. The lowest BCUT2D eigenvalue weighted by atomic mass is 10.3. The van der Waals surface area contributed by atoms with E-state index in [9.17, 15) is 18.0 Å². The summed E-state index contributed by atoms with van der Waals surface area (Å²) in [6.07, 6.45) is -2.14. The number of ether oxygens (including phenoxy) is 3. The number of nitrogens with zero attached hydrogens (tertiary/aromatic N) is 1. The van der Waals surface area contributed by atoms with Crippen molar-refractivity contribution in [1.29, 1.82) is 0 Å². The van der Waals surface area contributed by atoms with Gasteiger partial charge in [0, 0.05) is 8.95 Å². The fourth-order valence-corrected chi connectivity index (χ4v) is 5.89. The predicted octanol–water partition coefficient (Wildman–Crippen LogP) is 7.18. The number of rotatable bonds is 6. The van der Waals surface area contributed by atoms with Crippen LogP contribution in [-0.4, -0.2) is 20.7 Å². The topological polar surface area (TPSA) is 99.2 Å². The highest BCUT2D eigenvalue weighted by atomic mass is 79.9. The summed E-state index contributed by atoms with van der Waals surface area (Å²) in [5.74, 6) is 0.524. The zero-order valence-corrected chi connectivity index (χ0v) is 22.8. The normalized spacial score (nSPS) is 10.9. The second kappa shape index (κ2) is 11.6. The number of halogens is 2. The Morgan fingerprint density at radius 1 is 0.649 bits per heavy atom. The van der Waals surface area contributed by atoms with E-state index >= 15 is 0 Å². The van der Waals surface area contributed by atoms with Crippen LogP contribution in [0.5, 0.6) is 17.2 Å². The van der Waals surface area contributed by atoms with Crippen molar-refractivity contribution in [2.75, 3.05) is 4.31 Å². The lowest BCUT2D eigenvalue weighted by molar-refractivity contribution is 0.152. The van der Waals surface area contributed by atoms with Crippen LogP contribution in [0.25, 0.3) is 0 Å². The van der Waals surface area contributed by atoms with Crippen molar-refractivity contribution >= 4 is 59.8 Å². The minimum atomic E-state index is -4.45.